The van der Waals surface area contributed by atoms with Gasteiger partial charge < -0.3 is 10.5 Å². The summed E-state index contributed by atoms with van der Waals surface area (Å²) in [7, 11) is 0. The van der Waals surface area contributed by atoms with E-state index in [4.69, 9.17) is 10.5 Å². The van der Waals surface area contributed by atoms with E-state index in [9.17, 15) is 0 Å². The van der Waals surface area contributed by atoms with Crippen LogP contribution in [0.1, 0.15) is 11.4 Å². The second-order valence-corrected chi connectivity index (χ2v) is 5.11. The minimum Gasteiger partial charge on any atom is -0.379 e. The molecule has 0 bridgehead atoms. The zero-order valence-corrected chi connectivity index (χ0v) is 11.0. The fraction of sp³-hybridized carbons (Fsp3) is 0.333. The van der Waals surface area contributed by atoms with Gasteiger partial charge in [-0.15, -0.1) is 0 Å². The molecule has 1 fully saturated rings. The van der Waals surface area contributed by atoms with Crippen molar-refractivity contribution in [2.75, 3.05) is 19.8 Å². The number of nitrogens with zero attached hydrogens (tertiary/aromatic N) is 2. The van der Waals surface area contributed by atoms with Gasteiger partial charge in [-0.1, -0.05) is 23.8 Å². The second kappa shape index (κ2) is 4.72. The molecule has 2 N–H and O–H groups in total. The molecule has 19 heavy (non-hydrogen) atoms. The predicted octanol–water partition coefficient (Wildman–Crippen LogP) is 1.68. The molecule has 4 heteroatoms. The second-order valence-electron chi connectivity index (χ2n) is 5.11. The van der Waals surface area contributed by atoms with E-state index in [1.807, 2.05) is 12.1 Å². The average Bonchev–Trinajstić information content (AvgIpc) is 2.39. The minimum absolute atomic E-state index is 0.195. The molecule has 98 valence electrons. The van der Waals surface area contributed by atoms with E-state index in [0.29, 0.717) is 19.8 Å². The van der Waals surface area contributed by atoms with Crippen molar-refractivity contribution in [3.63, 3.8) is 0 Å². The number of benzene rings is 1. The fourth-order valence-corrected chi connectivity index (χ4v) is 2.27. The third-order valence-electron chi connectivity index (χ3n) is 3.59. The summed E-state index contributed by atoms with van der Waals surface area (Å²) in [5.74, 6) is 0.792. The standard InChI is InChI=1S/C15H17N3O/c1-11-3-2-4-12(7-11)13-5-6-17-14(18-13)15(8-16)9-19-10-15/h2-7H,8-10,16H2,1H3. The normalized spacial score (nSPS) is 16.9. The first-order valence-corrected chi connectivity index (χ1v) is 6.42. The van der Waals surface area contributed by atoms with Gasteiger partial charge in [-0.3, -0.25) is 0 Å². The topological polar surface area (TPSA) is 61.0 Å². The number of nitrogens with two attached hydrogens (primary N) is 1. The lowest BCUT2D eigenvalue weighted by Crippen LogP contribution is -2.53. The van der Waals surface area contributed by atoms with E-state index >= 15 is 0 Å². The van der Waals surface area contributed by atoms with Gasteiger partial charge in [0.25, 0.3) is 0 Å². The quantitative estimate of drug-likeness (QED) is 0.906. The van der Waals surface area contributed by atoms with Crippen molar-refractivity contribution in [1.29, 1.82) is 0 Å². The molecule has 0 unspecified atom stereocenters. The maximum atomic E-state index is 5.85. The van der Waals surface area contributed by atoms with Crippen LogP contribution < -0.4 is 5.73 Å². The summed E-state index contributed by atoms with van der Waals surface area (Å²) >= 11 is 0. The molecule has 0 amide bonds. The Bertz CT molecular complexity index is 588. The summed E-state index contributed by atoms with van der Waals surface area (Å²) < 4.78 is 5.29. The highest BCUT2D eigenvalue weighted by molar-refractivity contribution is 5.59. The lowest BCUT2D eigenvalue weighted by atomic mass is 9.85. The summed E-state index contributed by atoms with van der Waals surface area (Å²) in [4.78, 5) is 9.06. The van der Waals surface area contributed by atoms with E-state index in [2.05, 4.69) is 35.1 Å². The van der Waals surface area contributed by atoms with Crippen LogP contribution in [0, 0.1) is 6.92 Å². The van der Waals surface area contributed by atoms with Gasteiger partial charge in [-0.05, 0) is 19.1 Å². The van der Waals surface area contributed by atoms with Gasteiger partial charge in [0, 0.05) is 18.3 Å². The molecule has 1 aromatic heterocycles. The van der Waals surface area contributed by atoms with E-state index in [-0.39, 0.29) is 5.41 Å². The zero-order valence-electron chi connectivity index (χ0n) is 11.0. The van der Waals surface area contributed by atoms with Gasteiger partial charge in [0.15, 0.2) is 0 Å². The first-order valence-electron chi connectivity index (χ1n) is 6.42. The highest BCUT2D eigenvalue weighted by Gasteiger charge is 2.42. The molecule has 1 aliphatic rings. The molecule has 0 saturated carbocycles. The SMILES string of the molecule is Cc1cccc(-c2ccnc(C3(CN)COC3)n2)c1. The molecule has 2 heterocycles. The Kier molecular flexibility index (Phi) is 3.05. The monoisotopic (exact) mass is 255 g/mol. The molecule has 0 atom stereocenters. The summed E-state index contributed by atoms with van der Waals surface area (Å²) in [6, 6.07) is 10.2. The molecule has 0 aliphatic carbocycles. The molecular formula is C15H17N3O. The number of ether oxygens (including phenoxy) is 1. The molecule has 4 nitrogen and oxygen atoms in total. The van der Waals surface area contributed by atoms with Gasteiger partial charge in [0.2, 0.25) is 0 Å². The Labute approximate surface area is 112 Å². The van der Waals surface area contributed by atoms with Crippen LogP contribution in [0.15, 0.2) is 36.5 Å². The Morgan fingerprint density at radius 2 is 2.16 bits per heavy atom. The van der Waals surface area contributed by atoms with Crippen LogP contribution in [0.25, 0.3) is 11.3 Å². The van der Waals surface area contributed by atoms with Crippen molar-refractivity contribution in [1.82, 2.24) is 9.97 Å². The first-order chi connectivity index (χ1) is 9.23. The highest BCUT2D eigenvalue weighted by atomic mass is 16.5. The summed E-state index contributed by atoms with van der Waals surface area (Å²) in [5, 5.41) is 0. The zero-order chi connectivity index (χ0) is 13.3. The molecule has 1 saturated heterocycles. The lowest BCUT2D eigenvalue weighted by molar-refractivity contribution is -0.0593. The fourth-order valence-electron chi connectivity index (χ4n) is 2.27. The maximum Gasteiger partial charge on any atom is 0.141 e. The summed E-state index contributed by atoms with van der Waals surface area (Å²) in [6.45, 7) is 3.82. The smallest absolute Gasteiger partial charge is 0.141 e. The molecule has 1 aromatic carbocycles. The molecular weight excluding hydrogens is 238 g/mol. The molecule has 3 rings (SSSR count). The van der Waals surface area contributed by atoms with Gasteiger partial charge in [0.1, 0.15) is 5.82 Å². The van der Waals surface area contributed by atoms with Crippen LogP contribution >= 0.6 is 0 Å². The van der Waals surface area contributed by atoms with Crippen LogP contribution in [-0.4, -0.2) is 29.7 Å². The van der Waals surface area contributed by atoms with Gasteiger partial charge in [-0.2, -0.15) is 0 Å². The molecule has 0 spiro atoms. The number of aromatic nitrogens is 2. The van der Waals surface area contributed by atoms with Crippen molar-refractivity contribution in [3.8, 4) is 11.3 Å². The lowest BCUT2D eigenvalue weighted by Gasteiger charge is -2.38. The van der Waals surface area contributed by atoms with Gasteiger partial charge in [0.05, 0.1) is 24.3 Å². The molecule has 0 radical (unpaired) electrons. The van der Waals surface area contributed by atoms with Crippen molar-refractivity contribution >= 4 is 0 Å². The number of rotatable bonds is 3. The Balaban J connectivity index is 2.00. The van der Waals surface area contributed by atoms with E-state index in [0.717, 1.165) is 17.1 Å². The van der Waals surface area contributed by atoms with Crippen molar-refractivity contribution < 1.29 is 4.74 Å². The van der Waals surface area contributed by atoms with Crippen LogP contribution in [0.3, 0.4) is 0 Å². The van der Waals surface area contributed by atoms with Gasteiger partial charge >= 0.3 is 0 Å². The molecule has 1 aliphatic heterocycles. The summed E-state index contributed by atoms with van der Waals surface area (Å²) in [5.41, 5.74) is 8.93. The number of hydrogen-bond donors (Lipinski definition) is 1. The Hall–Kier alpha value is -1.78. The van der Waals surface area contributed by atoms with Crippen LogP contribution in [0.4, 0.5) is 0 Å². The number of hydrogen-bond acceptors (Lipinski definition) is 4. The minimum atomic E-state index is -0.195. The van der Waals surface area contributed by atoms with Gasteiger partial charge in [-0.25, -0.2) is 9.97 Å². The van der Waals surface area contributed by atoms with Crippen molar-refractivity contribution in [2.45, 2.75) is 12.3 Å². The molecule has 2 aromatic rings. The first kappa shape index (κ1) is 12.3. The third kappa shape index (κ3) is 2.13. The van der Waals surface area contributed by atoms with Crippen LogP contribution in [-0.2, 0) is 10.2 Å². The number of aryl methyl sites for hydroxylation is 1. The highest BCUT2D eigenvalue weighted by Crippen LogP contribution is 2.29. The van der Waals surface area contributed by atoms with Crippen LogP contribution in [0.2, 0.25) is 0 Å². The van der Waals surface area contributed by atoms with E-state index < -0.39 is 0 Å². The van der Waals surface area contributed by atoms with Crippen LogP contribution in [0.5, 0.6) is 0 Å². The van der Waals surface area contributed by atoms with Crippen molar-refractivity contribution in [2.24, 2.45) is 5.73 Å². The largest absolute Gasteiger partial charge is 0.379 e. The third-order valence-corrected chi connectivity index (χ3v) is 3.59. The average molecular weight is 255 g/mol. The van der Waals surface area contributed by atoms with E-state index in [1.54, 1.807) is 6.20 Å². The maximum absolute atomic E-state index is 5.85. The Morgan fingerprint density at radius 1 is 1.32 bits per heavy atom. The predicted molar refractivity (Wildman–Crippen MR) is 73.8 cm³/mol. The Morgan fingerprint density at radius 3 is 2.79 bits per heavy atom. The van der Waals surface area contributed by atoms with E-state index in [1.165, 1.54) is 5.56 Å². The summed E-state index contributed by atoms with van der Waals surface area (Å²) in [6.07, 6.45) is 1.80. The van der Waals surface area contributed by atoms with Crippen molar-refractivity contribution in [3.05, 3.63) is 47.9 Å².